The van der Waals surface area contributed by atoms with Crippen LogP contribution in [0.15, 0.2) is 18.2 Å². The lowest BCUT2D eigenvalue weighted by Gasteiger charge is -2.17. The number of nitrogens with one attached hydrogen (secondary N) is 1. The zero-order chi connectivity index (χ0) is 14.1. The van der Waals surface area contributed by atoms with Gasteiger partial charge in [0.25, 0.3) is 0 Å². The van der Waals surface area contributed by atoms with Crippen LogP contribution >= 0.6 is 0 Å². The zero-order valence-electron chi connectivity index (χ0n) is 12.0. The van der Waals surface area contributed by atoms with Crippen LogP contribution in [0.4, 0.5) is 0 Å². The van der Waals surface area contributed by atoms with Gasteiger partial charge < -0.3 is 14.8 Å². The van der Waals surface area contributed by atoms with E-state index in [1.54, 1.807) is 0 Å². The highest BCUT2D eigenvalue weighted by atomic mass is 16.5. The molecule has 0 bridgehead atoms. The maximum Gasteiger partial charge on any atom is 0.167 e. The molecule has 104 valence electrons. The van der Waals surface area contributed by atoms with Crippen LogP contribution in [0.1, 0.15) is 32.8 Å². The minimum atomic E-state index is 0.250. The van der Waals surface area contributed by atoms with Gasteiger partial charge in [-0.2, -0.15) is 0 Å². The highest BCUT2D eigenvalue weighted by Gasteiger charge is 2.11. The molecule has 0 fully saturated rings. The molecule has 0 aliphatic heterocycles. The maximum absolute atomic E-state index is 5.63. The number of rotatable bonds is 8. The molecular formula is C16H23NO2. The van der Waals surface area contributed by atoms with E-state index in [0.29, 0.717) is 12.6 Å². The molecule has 0 aliphatic carbocycles. The molecule has 1 atom stereocenters. The average molecular weight is 261 g/mol. The van der Waals surface area contributed by atoms with Crippen LogP contribution in [-0.4, -0.2) is 19.3 Å². The predicted octanol–water partition coefficient (Wildman–Crippen LogP) is 2.99. The second-order valence-electron chi connectivity index (χ2n) is 4.36. The fourth-order valence-corrected chi connectivity index (χ4v) is 1.68. The third-order valence-electron chi connectivity index (χ3n) is 2.91. The molecule has 3 nitrogen and oxygen atoms in total. The van der Waals surface area contributed by atoms with Crippen molar-refractivity contribution in [2.24, 2.45) is 0 Å². The summed E-state index contributed by atoms with van der Waals surface area (Å²) in [7, 11) is 0. The second-order valence-corrected chi connectivity index (χ2v) is 4.36. The van der Waals surface area contributed by atoms with Gasteiger partial charge in [-0.3, -0.25) is 0 Å². The Morgan fingerprint density at radius 3 is 2.74 bits per heavy atom. The van der Waals surface area contributed by atoms with E-state index in [4.69, 9.17) is 15.9 Å². The van der Waals surface area contributed by atoms with Crippen molar-refractivity contribution in [3.63, 3.8) is 0 Å². The van der Waals surface area contributed by atoms with E-state index in [1.807, 2.05) is 25.1 Å². The van der Waals surface area contributed by atoms with Crippen molar-refractivity contribution in [2.45, 2.75) is 39.8 Å². The molecule has 0 amide bonds. The molecule has 0 radical (unpaired) electrons. The molecule has 0 saturated heterocycles. The summed E-state index contributed by atoms with van der Waals surface area (Å²) in [5.74, 6) is 3.99. The van der Waals surface area contributed by atoms with Gasteiger partial charge in [0.05, 0.1) is 6.61 Å². The van der Waals surface area contributed by atoms with Gasteiger partial charge in [-0.05, 0) is 26.3 Å². The smallest absolute Gasteiger partial charge is 0.167 e. The maximum atomic E-state index is 5.63. The summed E-state index contributed by atoms with van der Waals surface area (Å²) in [5, 5.41) is 3.45. The van der Waals surface area contributed by atoms with E-state index in [0.717, 1.165) is 30.0 Å². The summed E-state index contributed by atoms with van der Waals surface area (Å²) < 4.78 is 11.2. The second kappa shape index (κ2) is 8.44. The molecular weight excluding hydrogens is 238 g/mol. The Labute approximate surface area is 116 Å². The fourth-order valence-electron chi connectivity index (χ4n) is 1.68. The van der Waals surface area contributed by atoms with Gasteiger partial charge in [0, 0.05) is 18.2 Å². The van der Waals surface area contributed by atoms with Crippen molar-refractivity contribution in [1.82, 2.24) is 5.32 Å². The van der Waals surface area contributed by atoms with Crippen LogP contribution in [0.25, 0.3) is 0 Å². The summed E-state index contributed by atoms with van der Waals surface area (Å²) >= 11 is 0. The van der Waals surface area contributed by atoms with E-state index in [-0.39, 0.29) is 6.61 Å². The molecule has 1 rings (SSSR count). The van der Waals surface area contributed by atoms with Gasteiger partial charge in [0.1, 0.15) is 6.61 Å². The zero-order valence-corrected chi connectivity index (χ0v) is 12.0. The molecule has 0 spiro atoms. The van der Waals surface area contributed by atoms with E-state index < -0.39 is 0 Å². The van der Waals surface area contributed by atoms with Gasteiger partial charge in [0.15, 0.2) is 11.5 Å². The average Bonchev–Trinajstić information content (AvgIpc) is 2.43. The summed E-state index contributed by atoms with van der Waals surface area (Å²) in [5.41, 5.74) is 1.07. The fraction of sp³-hybridized carbons (Fsp3) is 0.500. The molecule has 1 aromatic rings. The molecule has 0 heterocycles. The van der Waals surface area contributed by atoms with E-state index in [1.165, 1.54) is 0 Å². The SMILES string of the molecule is C#CCOc1c(CN[C@@H](C)CC)cccc1OCC. The van der Waals surface area contributed by atoms with E-state index in [2.05, 4.69) is 25.1 Å². The minimum Gasteiger partial charge on any atom is -0.490 e. The lowest BCUT2D eigenvalue weighted by Crippen LogP contribution is -2.24. The van der Waals surface area contributed by atoms with Crippen LogP contribution < -0.4 is 14.8 Å². The van der Waals surface area contributed by atoms with Crippen molar-refractivity contribution < 1.29 is 9.47 Å². The summed E-state index contributed by atoms with van der Waals surface area (Å²) in [4.78, 5) is 0. The summed E-state index contributed by atoms with van der Waals surface area (Å²) in [6.45, 7) is 7.87. The number of terminal acetylenes is 1. The van der Waals surface area contributed by atoms with E-state index >= 15 is 0 Å². The normalized spacial score (nSPS) is 11.7. The summed E-state index contributed by atoms with van der Waals surface area (Å²) in [6.07, 6.45) is 6.35. The van der Waals surface area contributed by atoms with Crippen molar-refractivity contribution in [3.05, 3.63) is 23.8 Å². The Morgan fingerprint density at radius 1 is 1.32 bits per heavy atom. The Kier molecular flexibility index (Phi) is 6.84. The molecule has 3 heteroatoms. The quantitative estimate of drug-likeness (QED) is 0.730. The first-order valence-electron chi connectivity index (χ1n) is 6.77. The Balaban J connectivity index is 2.87. The first-order chi connectivity index (χ1) is 9.22. The number of benzene rings is 1. The van der Waals surface area contributed by atoms with Crippen molar-refractivity contribution in [3.8, 4) is 23.8 Å². The summed E-state index contributed by atoms with van der Waals surface area (Å²) in [6, 6.07) is 6.38. The lowest BCUT2D eigenvalue weighted by molar-refractivity contribution is 0.296. The highest BCUT2D eigenvalue weighted by molar-refractivity contribution is 5.46. The molecule has 19 heavy (non-hydrogen) atoms. The highest BCUT2D eigenvalue weighted by Crippen LogP contribution is 2.31. The Morgan fingerprint density at radius 2 is 2.11 bits per heavy atom. The molecule has 1 aromatic carbocycles. The largest absolute Gasteiger partial charge is 0.490 e. The number of hydrogen-bond acceptors (Lipinski definition) is 3. The molecule has 0 aromatic heterocycles. The van der Waals surface area contributed by atoms with Gasteiger partial charge in [0.2, 0.25) is 0 Å². The number of ether oxygens (including phenoxy) is 2. The van der Waals surface area contributed by atoms with Crippen LogP contribution in [-0.2, 0) is 6.54 Å². The van der Waals surface area contributed by atoms with Crippen LogP contribution in [0.2, 0.25) is 0 Å². The van der Waals surface area contributed by atoms with Gasteiger partial charge in [-0.1, -0.05) is 25.0 Å². The van der Waals surface area contributed by atoms with Crippen LogP contribution in [0.3, 0.4) is 0 Å². The number of hydrogen-bond donors (Lipinski definition) is 1. The van der Waals surface area contributed by atoms with Crippen molar-refractivity contribution in [2.75, 3.05) is 13.2 Å². The van der Waals surface area contributed by atoms with Crippen molar-refractivity contribution >= 4 is 0 Å². The molecule has 0 unspecified atom stereocenters. The first-order valence-corrected chi connectivity index (χ1v) is 6.77. The first kappa shape index (κ1) is 15.4. The topological polar surface area (TPSA) is 30.5 Å². The lowest BCUT2D eigenvalue weighted by atomic mass is 10.1. The third kappa shape index (κ3) is 4.84. The molecule has 0 saturated carbocycles. The van der Waals surface area contributed by atoms with Crippen LogP contribution in [0.5, 0.6) is 11.5 Å². The minimum absolute atomic E-state index is 0.250. The standard InChI is InChI=1S/C16H23NO2/c1-5-11-19-16-14(12-17-13(4)6-2)9-8-10-15(16)18-7-3/h1,8-10,13,17H,6-7,11-12H2,2-4H3/t13-/m0/s1. The molecule has 1 N–H and O–H groups in total. The van der Waals surface area contributed by atoms with Gasteiger partial charge in [-0.15, -0.1) is 6.42 Å². The number of para-hydroxylation sites is 1. The van der Waals surface area contributed by atoms with Gasteiger partial charge >= 0.3 is 0 Å². The van der Waals surface area contributed by atoms with Crippen LogP contribution in [0, 0.1) is 12.3 Å². The van der Waals surface area contributed by atoms with Gasteiger partial charge in [-0.25, -0.2) is 0 Å². The van der Waals surface area contributed by atoms with Crippen molar-refractivity contribution in [1.29, 1.82) is 0 Å². The Bertz CT molecular complexity index is 423. The third-order valence-corrected chi connectivity index (χ3v) is 2.91. The monoisotopic (exact) mass is 261 g/mol. The predicted molar refractivity (Wildman–Crippen MR) is 78.5 cm³/mol. The van der Waals surface area contributed by atoms with E-state index in [9.17, 15) is 0 Å². The Hall–Kier alpha value is -1.66. The molecule has 0 aliphatic rings.